The molecule has 2 rings (SSSR count). The third kappa shape index (κ3) is 3.94. The lowest BCUT2D eigenvalue weighted by Gasteiger charge is -2.27. The van der Waals surface area contributed by atoms with Crippen LogP contribution in [-0.4, -0.2) is 43.3 Å². The molecule has 0 spiro atoms. The highest BCUT2D eigenvalue weighted by molar-refractivity contribution is 5.99. The van der Waals surface area contributed by atoms with Crippen LogP contribution in [-0.2, 0) is 4.74 Å². The second-order valence-electron chi connectivity index (χ2n) is 4.88. The van der Waals surface area contributed by atoms with Crippen LogP contribution in [0.4, 0.5) is 5.69 Å². The number of hydrazine groups is 1. The van der Waals surface area contributed by atoms with E-state index in [1.165, 1.54) is 0 Å². The average molecular weight is 263 g/mol. The molecule has 5 heteroatoms. The summed E-state index contributed by atoms with van der Waals surface area (Å²) in [5.74, 6) is -0.0781. The van der Waals surface area contributed by atoms with Crippen molar-refractivity contribution in [1.82, 2.24) is 10.4 Å². The van der Waals surface area contributed by atoms with Crippen LogP contribution in [0, 0.1) is 0 Å². The Hall–Kier alpha value is -1.59. The van der Waals surface area contributed by atoms with Crippen molar-refractivity contribution in [3.05, 3.63) is 29.8 Å². The van der Waals surface area contributed by atoms with Gasteiger partial charge >= 0.3 is 0 Å². The molecule has 0 aromatic heterocycles. The summed E-state index contributed by atoms with van der Waals surface area (Å²) in [6, 6.07) is 7.85. The Morgan fingerprint density at radius 2 is 1.95 bits per heavy atom. The van der Waals surface area contributed by atoms with Gasteiger partial charge in [0.05, 0.1) is 18.8 Å². The first-order valence-corrected chi connectivity index (χ1v) is 6.66. The minimum absolute atomic E-state index is 0.0781. The van der Waals surface area contributed by atoms with Crippen molar-refractivity contribution in [3.63, 3.8) is 0 Å². The van der Waals surface area contributed by atoms with Gasteiger partial charge in [-0.15, -0.1) is 0 Å². The number of amides is 1. The molecule has 19 heavy (non-hydrogen) atoms. The predicted molar refractivity (Wildman–Crippen MR) is 75.1 cm³/mol. The van der Waals surface area contributed by atoms with Crippen molar-refractivity contribution >= 4 is 11.6 Å². The summed E-state index contributed by atoms with van der Waals surface area (Å²) in [5.41, 5.74) is 4.46. The lowest BCUT2D eigenvalue weighted by Crippen LogP contribution is -2.48. The average Bonchev–Trinajstić information content (AvgIpc) is 2.39. The van der Waals surface area contributed by atoms with E-state index in [0.717, 1.165) is 18.8 Å². The highest BCUT2D eigenvalue weighted by Gasteiger charge is 2.16. The smallest absolute Gasteiger partial charge is 0.267 e. The Kier molecular flexibility index (Phi) is 4.76. The molecular weight excluding hydrogens is 242 g/mol. The van der Waals surface area contributed by atoms with Crippen LogP contribution >= 0.6 is 0 Å². The molecule has 0 aliphatic carbocycles. The number of nitrogens with zero attached hydrogens (tertiary/aromatic N) is 1. The van der Waals surface area contributed by atoms with Crippen molar-refractivity contribution in [2.45, 2.75) is 19.9 Å². The maximum Gasteiger partial charge on any atom is 0.267 e. The fourth-order valence-electron chi connectivity index (χ4n) is 2.00. The second kappa shape index (κ2) is 6.54. The molecule has 1 aliphatic rings. The van der Waals surface area contributed by atoms with Gasteiger partial charge in [-0.1, -0.05) is 12.1 Å². The molecule has 1 aliphatic heterocycles. The molecule has 5 nitrogen and oxygen atoms in total. The highest BCUT2D eigenvalue weighted by atomic mass is 16.5. The maximum absolute atomic E-state index is 12.3. The van der Waals surface area contributed by atoms with Gasteiger partial charge < -0.3 is 10.1 Å². The number of hydrogen-bond donors (Lipinski definition) is 2. The van der Waals surface area contributed by atoms with Gasteiger partial charge in [0.25, 0.3) is 5.91 Å². The molecule has 0 atom stereocenters. The van der Waals surface area contributed by atoms with E-state index in [9.17, 15) is 4.79 Å². The molecule has 0 unspecified atom stereocenters. The molecule has 1 aromatic rings. The minimum Gasteiger partial charge on any atom is -0.382 e. The van der Waals surface area contributed by atoms with Gasteiger partial charge in [-0.05, 0) is 26.0 Å². The van der Waals surface area contributed by atoms with Crippen molar-refractivity contribution < 1.29 is 9.53 Å². The number of para-hydroxylation sites is 1. The fourth-order valence-corrected chi connectivity index (χ4v) is 2.00. The number of carbonyl (C=O) groups excluding carboxylic acids is 1. The topological polar surface area (TPSA) is 53.6 Å². The Labute approximate surface area is 113 Å². The molecule has 1 aromatic carbocycles. The quantitative estimate of drug-likeness (QED) is 0.864. The van der Waals surface area contributed by atoms with E-state index in [-0.39, 0.29) is 11.9 Å². The normalized spacial score (nSPS) is 16.4. The van der Waals surface area contributed by atoms with Gasteiger partial charge in [-0.25, -0.2) is 5.01 Å². The van der Waals surface area contributed by atoms with Crippen LogP contribution in [0.15, 0.2) is 24.3 Å². The molecule has 1 amide bonds. The Morgan fingerprint density at radius 3 is 2.63 bits per heavy atom. The van der Waals surface area contributed by atoms with Crippen molar-refractivity contribution in [2.75, 3.05) is 31.6 Å². The zero-order valence-corrected chi connectivity index (χ0v) is 11.5. The summed E-state index contributed by atoms with van der Waals surface area (Å²) in [6.45, 7) is 6.88. The van der Waals surface area contributed by atoms with Gasteiger partial charge in [0.2, 0.25) is 0 Å². The Morgan fingerprint density at radius 1 is 1.26 bits per heavy atom. The van der Waals surface area contributed by atoms with E-state index >= 15 is 0 Å². The summed E-state index contributed by atoms with van der Waals surface area (Å²) in [4.78, 5) is 12.3. The molecule has 0 bridgehead atoms. The number of hydrogen-bond acceptors (Lipinski definition) is 4. The molecule has 1 heterocycles. The summed E-state index contributed by atoms with van der Waals surface area (Å²) in [5, 5.41) is 5.19. The van der Waals surface area contributed by atoms with E-state index < -0.39 is 0 Å². The number of benzene rings is 1. The van der Waals surface area contributed by atoms with E-state index in [0.29, 0.717) is 18.8 Å². The van der Waals surface area contributed by atoms with Crippen LogP contribution in [0.25, 0.3) is 0 Å². The van der Waals surface area contributed by atoms with Gasteiger partial charge in [0.15, 0.2) is 0 Å². The summed E-state index contributed by atoms with van der Waals surface area (Å²) in [6.07, 6.45) is 0. The third-order valence-corrected chi connectivity index (χ3v) is 2.89. The molecular formula is C14H21N3O2. The van der Waals surface area contributed by atoms with Crippen LogP contribution in [0.5, 0.6) is 0 Å². The van der Waals surface area contributed by atoms with Crippen LogP contribution in [0.3, 0.4) is 0 Å². The number of rotatable bonds is 4. The molecule has 104 valence electrons. The summed E-state index contributed by atoms with van der Waals surface area (Å²) >= 11 is 0. The first-order chi connectivity index (χ1) is 9.16. The van der Waals surface area contributed by atoms with Crippen LogP contribution < -0.4 is 10.7 Å². The number of anilines is 1. The van der Waals surface area contributed by atoms with Crippen molar-refractivity contribution in [1.29, 1.82) is 0 Å². The van der Waals surface area contributed by atoms with Gasteiger partial charge in [-0.2, -0.15) is 0 Å². The highest BCUT2D eigenvalue weighted by Crippen LogP contribution is 2.16. The number of nitrogens with one attached hydrogen (secondary N) is 2. The van der Waals surface area contributed by atoms with E-state index in [4.69, 9.17) is 4.74 Å². The van der Waals surface area contributed by atoms with Gasteiger partial charge in [-0.3, -0.25) is 10.2 Å². The van der Waals surface area contributed by atoms with E-state index in [1.54, 1.807) is 0 Å². The molecule has 1 fully saturated rings. The van der Waals surface area contributed by atoms with Gasteiger partial charge in [0, 0.05) is 24.8 Å². The first kappa shape index (κ1) is 13.8. The SMILES string of the molecule is CC(C)Nc1ccccc1C(=O)NN1CCOCC1. The molecule has 2 N–H and O–H groups in total. The number of carbonyl (C=O) groups is 1. The molecule has 0 saturated carbocycles. The molecule has 0 radical (unpaired) electrons. The van der Waals surface area contributed by atoms with E-state index in [1.807, 2.05) is 29.3 Å². The monoisotopic (exact) mass is 263 g/mol. The third-order valence-electron chi connectivity index (χ3n) is 2.89. The first-order valence-electron chi connectivity index (χ1n) is 6.66. The van der Waals surface area contributed by atoms with Crippen molar-refractivity contribution in [3.8, 4) is 0 Å². The number of ether oxygens (including phenoxy) is 1. The fraction of sp³-hybridized carbons (Fsp3) is 0.500. The van der Waals surface area contributed by atoms with Crippen LogP contribution in [0.2, 0.25) is 0 Å². The van der Waals surface area contributed by atoms with Crippen LogP contribution in [0.1, 0.15) is 24.2 Å². The van der Waals surface area contributed by atoms with E-state index in [2.05, 4.69) is 24.6 Å². The maximum atomic E-state index is 12.3. The Bertz CT molecular complexity index is 428. The van der Waals surface area contributed by atoms with Gasteiger partial charge in [0.1, 0.15) is 0 Å². The Balaban J connectivity index is 2.05. The zero-order valence-electron chi connectivity index (χ0n) is 11.5. The van der Waals surface area contributed by atoms with Crippen molar-refractivity contribution in [2.24, 2.45) is 0 Å². The standard InChI is InChI=1S/C14H21N3O2/c1-11(2)15-13-6-4-3-5-12(13)14(18)16-17-7-9-19-10-8-17/h3-6,11,15H,7-10H2,1-2H3,(H,16,18). The lowest BCUT2D eigenvalue weighted by molar-refractivity contribution is 0.0126. The second-order valence-corrected chi connectivity index (χ2v) is 4.88. The minimum atomic E-state index is -0.0781. The zero-order chi connectivity index (χ0) is 13.7. The summed E-state index contributed by atoms with van der Waals surface area (Å²) < 4.78 is 5.26. The number of morpholine rings is 1. The summed E-state index contributed by atoms with van der Waals surface area (Å²) in [7, 11) is 0. The molecule has 1 saturated heterocycles. The predicted octanol–water partition coefficient (Wildman–Crippen LogP) is 1.48. The lowest BCUT2D eigenvalue weighted by atomic mass is 10.1. The largest absolute Gasteiger partial charge is 0.382 e.